The number of benzene rings is 7. The molecule has 0 saturated heterocycles. The van der Waals surface area contributed by atoms with Gasteiger partial charge in [0.2, 0.25) is 0 Å². The highest BCUT2D eigenvalue weighted by Gasteiger charge is 2.30. The van der Waals surface area contributed by atoms with Crippen LogP contribution in [-0.2, 0) is 0 Å². The van der Waals surface area contributed by atoms with Crippen LogP contribution >= 0.6 is 0 Å². The molecule has 0 fully saturated rings. The number of hydrogen-bond donors (Lipinski definition) is 0. The molecule has 0 atom stereocenters. The van der Waals surface area contributed by atoms with Gasteiger partial charge in [-0.1, -0.05) is 170 Å². The zero-order valence-electron chi connectivity index (χ0n) is 32.9. The fourth-order valence-electron chi connectivity index (χ4n) is 9.21. The van der Waals surface area contributed by atoms with Crippen molar-refractivity contribution in [3.05, 3.63) is 225 Å². The second-order valence-corrected chi connectivity index (χ2v) is 15.5. The quantitative estimate of drug-likeness (QED) is 0.159. The van der Waals surface area contributed by atoms with Crippen molar-refractivity contribution >= 4 is 45.7 Å². The summed E-state index contributed by atoms with van der Waals surface area (Å²) in [5, 5.41) is 39.1. The summed E-state index contributed by atoms with van der Waals surface area (Å²) in [7, 11) is 0. The molecule has 8 heteroatoms. The van der Waals surface area contributed by atoms with Gasteiger partial charge in [-0.25, -0.2) is 0 Å². The molecular weight excluding hydrogens is 749 g/mol. The van der Waals surface area contributed by atoms with Crippen LogP contribution in [0.5, 0.6) is 0 Å². The molecule has 0 aromatic heterocycles. The van der Waals surface area contributed by atoms with Crippen molar-refractivity contribution in [3.8, 4) is 22.3 Å². The number of hydrogen-bond acceptors (Lipinski definition) is 8. The molecule has 0 heterocycles. The molecule has 5 aliphatic carbocycles. The van der Waals surface area contributed by atoms with Gasteiger partial charge in [-0.15, -0.1) is 10.2 Å². The summed E-state index contributed by atoms with van der Waals surface area (Å²) in [5.41, 5.74) is 22.2. The molecule has 0 amide bonds. The van der Waals surface area contributed by atoms with Crippen LogP contribution in [0, 0.1) is 0 Å². The van der Waals surface area contributed by atoms with Gasteiger partial charge < -0.3 is 0 Å². The maximum absolute atomic E-state index is 4.90. The van der Waals surface area contributed by atoms with Gasteiger partial charge in [-0.05, 0) is 22.3 Å². The van der Waals surface area contributed by atoms with Crippen molar-refractivity contribution in [2.24, 2.45) is 40.8 Å². The second-order valence-electron chi connectivity index (χ2n) is 15.5. The third-order valence-electron chi connectivity index (χ3n) is 12.1. The number of nitrogens with zero attached hydrogens (tertiary/aromatic N) is 8. The van der Waals surface area contributed by atoms with Crippen LogP contribution in [0.3, 0.4) is 0 Å². The number of rotatable bonds is 4. The molecule has 61 heavy (non-hydrogen) atoms. The average molecular weight is 783 g/mol. The summed E-state index contributed by atoms with van der Waals surface area (Å²) in [6, 6.07) is 58.3. The van der Waals surface area contributed by atoms with E-state index in [1.54, 1.807) is 0 Å². The van der Waals surface area contributed by atoms with Gasteiger partial charge in [0.15, 0.2) is 0 Å². The van der Waals surface area contributed by atoms with Crippen molar-refractivity contribution in [1.82, 2.24) is 0 Å². The molecule has 12 rings (SSSR count). The fourth-order valence-corrected chi connectivity index (χ4v) is 9.21. The largest absolute Gasteiger partial charge is 0.154 e. The number of fused-ring (bicyclic) bond motifs is 9. The minimum absolute atomic E-state index is 0.511. The van der Waals surface area contributed by atoms with Crippen LogP contribution in [0.25, 0.3) is 22.3 Å². The van der Waals surface area contributed by atoms with Crippen molar-refractivity contribution in [2.75, 3.05) is 0 Å². The van der Waals surface area contributed by atoms with E-state index in [-0.39, 0.29) is 0 Å². The Labute approximate surface area is 352 Å². The van der Waals surface area contributed by atoms with Crippen LogP contribution in [0.15, 0.2) is 211 Å². The van der Waals surface area contributed by atoms with Gasteiger partial charge in [-0.3, -0.25) is 0 Å². The van der Waals surface area contributed by atoms with Gasteiger partial charge in [-0.2, -0.15) is 30.6 Å². The first-order chi connectivity index (χ1) is 30.3. The van der Waals surface area contributed by atoms with Gasteiger partial charge >= 0.3 is 0 Å². The maximum atomic E-state index is 4.90. The molecule has 7 aromatic carbocycles. The molecular formula is C53H34N8. The average Bonchev–Trinajstić information content (AvgIpc) is 4.12. The molecule has 0 N–H and O–H groups in total. The lowest BCUT2D eigenvalue weighted by atomic mass is 10.1. The summed E-state index contributed by atoms with van der Waals surface area (Å²) < 4.78 is 0. The van der Waals surface area contributed by atoms with Gasteiger partial charge in [0, 0.05) is 74.9 Å². The Balaban J connectivity index is 0.847. The molecule has 7 aromatic rings. The van der Waals surface area contributed by atoms with Gasteiger partial charge in [0.25, 0.3) is 0 Å². The first-order valence-corrected chi connectivity index (χ1v) is 20.5. The Morgan fingerprint density at radius 2 is 0.344 bits per heavy atom. The molecule has 8 nitrogen and oxygen atoms in total. The zero-order valence-corrected chi connectivity index (χ0v) is 32.9. The lowest BCUT2D eigenvalue weighted by molar-refractivity contribution is 1.18. The molecule has 0 bridgehead atoms. The Kier molecular flexibility index (Phi) is 8.19. The Morgan fingerprint density at radius 3 is 0.557 bits per heavy atom. The van der Waals surface area contributed by atoms with E-state index in [1.807, 2.05) is 36.4 Å². The van der Waals surface area contributed by atoms with E-state index in [2.05, 4.69) is 133 Å². The smallest absolute Gasteiger partial charge is 0.101 e. The highest BCUT2D eigenvalue weighted by Crippen LogP contribution is 2.38. The van der Waals surface area contributed by atoms with Crippen LogP contribution in [-0.4, -0.2) is 45.7 Å². The Hall–Kier alpha value is -8.10. The lowest BCUT2D eigenvalue weighted by Gasteiger charge is -2.00. The van der Waals surface area contributed by atoms with E-state index in [4.69, 9.17) is 40.8 Å². The van der Waals surface area contributed by atoms with E-state index in [9.17, 15) is 0 Å². The molecule has 5 aliphatic rings. The monoisotopic (exact) mass is 782 g/mol. The molecule has 0 spiro atoms. The first-order valence-electron chi connectivity index (χ1n) is 20.5. The second kappa shape index (κ2) is 14.3. The summed E-state index contributed by atoms with van der Waals surface area (Å²) in [5.74, 6) is 0. The predicted octanol–water partition coefficient (Wildman–Crippen LogP) is 10.7. The Bertz CT molecular complexity index is 2970. The van der Waals surface area contributed by atoms with Gasteiger partial charge in [0.1, 0.15) is 11.4 Å². The van der Waals surface area contributed by atoms with E-state index in [0.717, 1.165) is 101 Å². The first kappa shape index (κ1) is 34.9. The van der Waals surface area contributed by atoms with Crippen LogP contribution < -0.4 is 0 Å². The highest BCUT2D eigenvalue weighted by molar-refractivity contribution is 6.32. The maximum Gasteiger partial charge on any atom is 0.101 e. The highest BCUT2D eigenvalue weighted by atomic mass is 15.3. The molecule has 286 valence electrons. The minimum Gasteiger partial charge on any atom is -0.154 e. The zero-order chi connectivity index (χ0) is 40.3. The summed E-state index contributed by atoms with van der Waals surface area (Å²) in [6.07, 6.45) is 1.57. The summed E-state index contributed by atoms with van der Waals surface area (Å²) >= 11 is 0. The Morgan fingerprint density at radius 1 is 0.180 bits per heavy atom. The van der Waals surface area contributed by atoms with E-state index in [1.165, 1.54) is 22.3 Å². The minimum atomic E-state index is 0.511. The predicted molar refractivity (Wildman–Crippen MR) is 247 cm³/mol. The standard InChI is InChI=1S/C53H34N8/c1-11-25-42-32(15-1)33-16-2-12-26-43(33)52(42)60-58-50-30-48(38-21-7-9-23-40(38)50)56-54-46-29-47(37-20-6-5-19-36(37)46)55-57-49-31-51(41-24-10-8-22-39(41)49)59-61-53-44-27-13-3-17-34(44)35-18-4-14-28-45(35)53/h1-28H,29-31H2/b54-46-,55-47+,56-48-,57-49-,58-50+,59-51+. The molecule has 0 unspecified atom stereocenters. The third kappa shape index (κ3) is 5.83. The van der Waals surface area contributed by atoms with Crippen LogP contribution in [0.2, 0.25) is 0 Å². The van der Waals surface area contributed by atoms with Crippen LogP contribution in [0.4, 0.5) is 0 Å². The lowest BCUT2D eigenvalue weighted by Crippen LogP contribution is -2.01. The molecule has 0 saturated carbocycles. The van der Waals surface area contributed by atoms with Crippen molar-refractivity contribution in [3.63, 3.8) is 0 Å². The van der Waals surface area contributed by atoms with Crippen molar-refractivity contribution in [1.29, 1.82) is 0 Å². The SMILES string of the molecule is c1ccc2c(c1)C(=N/N=C1\C/C(=N/N=C3/C/C(=N\N=C4\C/C(=N\N=C5c6ccccc6-c6ccccc65)c5ccccc54)c4ccccc43)c3ccccc31)c1ccccc1-2. The van der Waals surface area contributed by atoms with E-state index < -0.39 is 0 Å². The topological polar surface area (TPSA) is 98.9 Å². The van der Waals surface area contributed by atoms with Gasteiger partial charge in [0.05, 0.1) is 34.3 Å². The third-order valence-corrected chi connectivity index (χ3v) is 12.1. The van der Waals surface area contributed by atoms with Crippen LogP contribution in [0.1, 0.15) is 74.9 Å². The van der Waals surface area contributed by atoms with E-state index in [0.29, 0.717) is 19.3 Å². The van der Waals surface area contributed by atoms with Crippen molar-refractivity contribution in [2.45, 2.75) is 19.3 Å². The summed E-state index contributed by atoms with van der Waals surface area (Å²) in [4.78, 5) is 0. The fraction of sp³-hybridized carbons (Fsp3) is 0.0566. The van der Waals surface area contributed by atoms with E-state index >= 15 is 0 Å². The molecule has 0 aliphatic heterocycles. The molecule has 0 radical (unpaired) electrons. The van der Waals surface area contributed by atoms with Crippen molar-refractivity contribution < 1.29 is 0 Å². The summed E-state index contributed by atoms with van der Waals surface area (Å²) in [6.45, 7) is 0. The normalized spacial score (nSPS) is 19.1.